The van der Waals surface area contributed by atoms with E-state index in [9.17, 15) is 9.90 Å². The molecule has 158 valence electrons. The number of aliphatic hydroxyl groups is 1. The first-order valence-electron chi connectivity index (χ1n) is 9.93. The predicted octanol–water partition coefficient (Wildman–Crippen LogP) is 3.30. The molecule has 0 saturated carbocycles. The lowest BCUT2D eigenvalue weighted by atomic mass is 9.95. The van der Waals surface area contributed by atoms with Crippen molar-refractivity contribution in [3.63, 3.8) is 0 Å². The van der Waals surface area contributed by atoms with E-state index in [4.69, 9.17) is 10.5 Å². The fourth-order valence-electron chi connectivity index (χ4n) is 3.41. The fourth-order valence-corrected chi connectivity index (χ4v) is 3.95. The van der Waals surface area contributed by atoms with Crippen LogP contribution < -0.4 is 11.1 Å². The van der Waals surface area contributed by atoms with Gasteiger partial charge in [-0.3, -0.25) is 4.98 Å². The first kappa shape index (κ1) is 22.0. The minimum Gasteiger partial charge on any atom is -0.443 e. The lowest BCUT2D eigenvalue weighted by molar-refractivity contribution is -0.00225. The highest BCUT2D eigenvalue weighted by molar-refractivity contribution is 7.09. The maximum Gasteiger partial charge on any atom is 0.404 e. The van der Waals surface area contributed by atoms with Crippen molar-refractivity contribution in [1.29, 1.82) is 0 Å². The van der Waals surface area contributed by atoms with Crippen molar-refractivity contribution in [2.75, 3.05) is 0 Å². The van der Waals surface area contributed by atoms with Gasteiger partial charge in [-0.2, -0.15) is 0 Å². The second-order valence-corrected chi connectivity index (χ2v) is 8.17. The zero-order valence-corrected chi connectivity index (χ0v) is 17.5. The highest BCUT2D eigenvalue weighted by Crippen LogP contribution is 2.17. The van der Waals surface area contributed by atoms with Crippen LogP contribution in [0.25, 0.3) is 0 Å². The highest BCUT2D eigenvalue weighted by Gasteiger charge is 2.26. The van der Waals surface area contributed by atoms with Gasteiger partial charge in [0.2, 0.25) is 0 Å². The molecular weight excluding hydrogens is 398 g/mol. The highest BCUT2D eigenvalue weighted by atomic mass is 32.1. The van der Waals surface area contributed by atoms with Crippen molar-refractivity contribution in [1.82, 2.24) is 10.3 Å². The Morgan fingerprint density at radius 1 is 1.07 bits per heavy atom. The standard InChI is InChI=1S/C23H27N3O3S/c24-23(28)29-22(12-18-9-5-2-6-10-18)21(27)13-19(11-17-7-3-1-4-8-17)26-15-20-14-25-16-30-20/h1-10,14,16,19,21-22,26-27H,11-13,15H2,(H2,24,28). The number of nitrogens with zero attached hydrogens (tertiary/aromatic N) is 1. The van der Waals surface area contributed by atoms with Gasteiger partial charge in [0.15, 0.2) is 0 Å². The average molecular weight is 426 g/mol. The Balaban J connectivity index is 1.69. The van der Waals surface area contributed by atoms with Gasteiger partial charge in [-0.15, -0.1) is 11.3 Å². The molecule has 0 bridgehead atoms. The summed E-state index contributed by atoms with van der Waals surface area (Å²) < 4.78 is 5.27. The minimum atomic E-state index is -0.882. The number of aromatic nitrogens is 1. The van der Waals surface area contributed by atoms with E-state index in [0.29, 0.717) is 19.4 Å². The molecule has 0 radical (unpaired) electrons. The van der Waals surface area contributed by atoms with Crippen LogP contribution in [0, 0.1) is 0 Å². The number of primary amides is 1. The minimum absolute atomic E-state index is 0.0146. The van der Waals surface area contributed by atoms with Gasteiger partial charge in [0, 0.05) is 30.1 Å². The summed E-state index contributed by atoms with van der Waals surface area (Å²) in [6, 6.07) is 19.7. The fraction of sp³-hybridized carbons (Fsp3) is 0.304. The van der Waals surface area contributed by atoms with E-state index >= 15 is 0 Å². The largest absolute Gasteiger partial charge is 0.443 e. The van der Waals surface area contributed by atoms with Gasteiger partial charge in [-0.1, -0.05) is 60.7 Å². The van der Waals surface area contributed by atoms with E-state index in [2.05, 4.69) is 22.4 Å². The number of amides is 1. The molecule has 30 heavy (non-hydrogen) atoms. The van der Waals surface area contributed by atoms with Crippen molar-refractivity contribution in [2.24, 2.45) is 5.73 Å². The molecule has 0 aliphatic carbocycles. The van der Waals surface area contributed by atoms with Crippen molar-refractivity contribution >= 4 is 17.4 Å². The molecule has 3 rings (SSSR count). The molecule has 3 aromatic rings. The van der Waals surface area contributed by atoms with Crippen LogP contribution in [0.3, 0.4) is 0 Å². The van der Waals surface area contributed by atoms with Crippen LogP contribution in [0.4, 0.5) is 4.79 Å². The molecule has 0 fully saturated rings. The van der Waals surface area contributed by atoms with Crippen LogP contribution in [-0.2, 0) is 24.1 Å². The third kappa shape index (κ3) is 7.26. The maximum atomic E-state index is 11.4. The van der Waals surface area contributed by atoms with E-state index in [-0.39, 0.29) is 6.04 Å². The van der Waals surface area contributed by atoms with E-state index in [1.165, 1.54) is 5.56 Å². The second-order valence-electron chi connectivity index (χ2n) is 7.20. The molecule has 6 nitrogen and oxygen atoms in total. The van der Waals surface area contributed by atoms with Gasteiger partial charge in [0.1, 0.15) is 6.10 Å². The van der Waals surface area contributed by atoms with Gasteiger partial charge in [-0.05, 0) is 24.0 Å². The van der Waals surface area contributed by atoms with Crippen LogP contribution in [0.2, 0.25) is 0 Å². The number of thiazole rings is 1. The smallest absolute Gasteiger partial charge is 0.404 e. The molecular formula is C23H27N3O3S. The Hall–Kier alpha value is -2.74. The van der Waals surface area contributed by atoms with E-state index < -0.39 is 18.3 Å². The third-order valence-electron chi connectivity index (χ3n) is 4.88. The van der Waals surface area contributed by atoms with Crippen molar-refractivity contribution in [3.05, 3.63) is 88.4 Å². The van der Waals surface area contributed by atoms with Gasteiger partial charge in [0.25, 0.3) is 0 Å². The Morgan fingerprint density at radius 2 is 1.70 bits per heavy atom. The zero-order valence-electron chi connectivity index (χ0n) is 16.7. The number of nitrogens with one attached hydrogen (secondary N) is 1. The van der Waals surface area contributed by atoms with Gasteiger partial charge in [-0.25, -0.2) is 4.79 Å². The molecule has 0 aliphatic rings. The number of hydrogen-bond donors (Lipinski definition) is 3. The predicted molar refractivity (Wildman–Crippen MR) is 118 cm³/mol. The Kier molecular flexibility index (Phi) is 8.38. The summed E-state index contributed by atoms with van der Waals surface area (Å²) >= 11 is 1.58. The Bertz CT molecular complexity index is 875. The molecule has 0 saturated heterocycles. The summed E-state index contributed by atoms with van der Waals surface area (Å²) in [5.74, 6) is 0. The number of ether oxygens (including phenoxy) is 1. The zero-order chi connectivity index (χ0) is 21.2. The monoisotopic (exact) mass is 425 g/mol. The number of carbonyl (C=O) groups is 1. The van der Waals surface area contributed by atoms with E-state index in [1.54, 1.807) is 16.8 Å². The Morgan fingerprint density at radius 3 is 2.27 bits per heavy atom. The molecule has 1 heterocycles. The van der Waals surface area contributed by atoms with Crippen LogP contribution in [0.1, 0.15) is 22.4 Å². The van der Waals surface area contributed by atoms with E-state index in [1.807, 2.05) is 54.7 Å². The molecule has 7 heteroatoms. The SMILES string of the molecule is NC(=O)OC(Cc1ccccc1)C(O)CC(Cc1ccccc1)NCc1cncs1. The van der Waals surface area contributed by atoms with Crippen LogP contribution in [0.5, 0.6) is 0 Å². The summed E-state index contributed by atoms with van der Waals surface area (Å²) in [6.07, 6.45) is 0.935. The second kappa shape index (κ2) is 11.4. The van der Waals surface area contributed by atoms with Crippen molar-refractivity contribution in [2.45, 2.75) is 44.1 Å². The molecule has 3 atom stereocenters. The normalized spacial score (nSPS) is 14.0. The summed E-state index contributed by atoms with van der Waals surface area (Å²) in [6.45, 7) is 0.662. The first-order valence-corrected chi connectivity index (χ1v) is 10.8. The van der Waals surface area contributed by atoms with Gasteiger partial charge in [0.05, 0.1) is 11.6 Å². The maximum absolute atomic E-state index is 11.4. The topological polar surface area (TPSA) is 97.5 Å². The summed E-state index contributed by atoms with van der Waals surface area (Å²) in [4.78, 5) is 16.7. The molecule has 4 N–H and O–H groups in total. The van der Waals surface area contributed by atoms with Gasteiger partial charge < -0.3 is 20.9 Å². The Labute approximate surface area is 180 Å². The van der Waals surface area contributed by atoms with Crippen molar-refractivity contribution < 1.29 is 14.6 Å². The number of hydrogen-bond acceptors (Lipinski definition) is 6. The molecule has 1 aromatic heterocycles. The molecule has 0 spiro atoms. The van der Waals surface area contributed by atoms with Crippen LogP contribution in [-0.4, -0.2) is 34.4 Å². The lowest BCUT2D eigenvalue weighted by Crippen LogP contribution is -2.41. The number of carbonyl (C=O) groups excluding carboxylic acids is 1. The summed E-state index contributed by atoms with van der Waals surface area (Å²) in [5, 5.41) is 14.5. The van der Waals surface area contributed by atoms with E-state index in [0.717, 1.165) is 16.9 Å². The molecule has 2 aromatic carbocycles. The first-order chi connectivity index (χ1) is 14.6. The third-order valence-corrected chi connectivity index (χ3v) is 5.66. The summed E-state index contributed by atoms with van der Waals surface area (Å²) in [7, 11) is 0. The number of benzene rings is 2. The average Bonchev–Trinajstić information content (AvgIpc) is 3.26. The molecule has 0 aliphatic heterocycles. The number of nitrogens with two attached hydrogens (primary N) is 1. The summed E-state index contributed by atoms with van der Waals surface area (Å²) in [5.41, 5.74) is 9.21. The van der Waals surface area contributed by atoms with Gasteiger partial charge >= 0.3 is 6.09 Å². The lowest BCUT2D eigenvalue weighted by Gasteiger charge is -2.27. The van der Waals surface area contributed by atoms with Crippen LogP contribution in [0.15, 0.2) is 72.4 Å². The number of rotatable bonds is 11. The number of aliphatic hydroxyl groups excluding tert-OH is 1. The molecule has 3 unspecified atom stereocenters. The van der Waals surface area contributed by atoms with Crippen molar-refractivity contribution in [3.8, 4) is 0 Å². The quantitative estimate of drug-likeness (QED) is 0.438. The molecule has 1 amide bonds. The van der Waals surface area contributed by atoms with Crippen LogP contribution >= 0.6 is 11.3 Å².